The molecule has 1 aromatic carbocycles. The summed E-state index contributed by atoms with van der Waals surface area (Å²) in [5, 5.41) is 10.9. The van der Waals surface area contributed by atoms with E-state index in [9.17, 15) is 10.1 Å². The van der Waals surface area contributed by atoms with Crippen LogP contribution in [0.2, 0.25) is 0 Å². The lowest BCUT2D eigenvalue weighted by molar-refractivity contribution is -0.384. The Labute approximate surface area is 124 Å². The zero-order chi connectivity index (χ0) is 15.0. The first-order valence-corrected chi connectivity index (χ1v) is 7.37. The average Bonchev–Trinajstić information content (AvgIpc) is 3.01. The molecule has 2 fully saturated rings. The lowest BCUT2D eigenvalue weighted by Crippen LogP contribution is -2.30. The van der Waals surface area contributed by atoms with E-state index in [4.69, 9.17) is 10.5 Å². The van der Waals surface area contributed by atoms with E-state index in [0.29, 0.717) is 30.2 Å². The van der Waals surface area contributed by atoms with Gasteiger partial charge in [0.05, 0.1) is 12.0 Å². The molecule has 3 atom stereocenters. The van der Waals surface area contributed by atoms with Crippen molar-refractivity contribution in [2.24, 2.45) is 17.6 Å². The van der Waals surface area contributed by atoms with Crippen molar-refractivity contribution in [3.05, 3.63) is 33.9 Å². The highest BCUT2D eigenvalue weighted by Gasteiger charge is 2.40. The minimum absolute atomic E-state index is 0.113. The fourth-order valence-electron chi connectivity index (χ4n) is 3.77. The predicted octanol–water partition coefficient (Wildman–Crippen LogP) is 1.77. The van der Waals surface area contributed by atoms with Gasteiger partial charge in [0.1, 0.15) is 5.75 Å². The van der Waals surface area contributed by atoms with Crippen molar-refractivity contribution in [3.8, 4) is 5.75 Å². The van der Waals surface area contributed by atoms with E-state index in [1.807, 2.05) is 0 Å². The van der Waals surface area contributed by atoms with Gasteiger partial charge in [-0.25, -0.2) is 0 Å². The van der Waals surface area contributed by atoms with Crippen LogP contribution in [-0.4, -0.2) is 36.1 Å². The Morgan fingerprint density at radius 2 is 2.24 bits per heavy atom. The highest BCUT2D eigenvalue weighted by atomic mass is 16.6. The summed E-state index contributed by atoms with van der Waals surface area (Å²) in [5.41, 5.74) is 7.14. The minimum atomic E-state index is -0.364. The summed E-state index contributed by atoms with van der Waals surface area (Å²) >= 11 is 0. The molecular formula is C15H21N3O3. The van der Waals surface area contributed by atoms with Crippen molar-refractivity contribution < 1.29 is 9.66 Å². The summed E-state index contributed by atoms with van der Waals surface area (Å²) in [6, 6.07) is 5.09. The van der Waals surface area contributed by atoms with Gasteiger partial charge >= 0.3 is 0 Å². The van der Waals surface area contributed by atoms with E-state index in [2.05, 4.69) is 4.90 Å². The fraction of sp³-hybridized carbons (Fsp3) is 0.600. The summed E-state index contributed by atoms with van der Waals surface area (Å²) in [6.45, 7) is 2.70. The Kier molecular flexibility index (Phi) is 3.82. The number of nitro benzene ring substituents is 1. The lowest BCUT2D eigenvalue weighted by atomic mass is 9.98. The Morgan fingerprint density at radius 1 is 1.43 bits per heavy atom. The zero-order valence-corrected chi connectivity index (χ0v) is 12.2. The molecule has 0 bridgehead atoms. The molecule has 1 saturated heterocycles. The Bertz CT molecular complexity index is 549. The third-order valence-corrected chi connectivity index (χ3v) is 4.86. The van der Waals surface area contributed by atoms with Gasteiger partial charge < -0.3 is 10.5 Å². The van der Waals surface area contributed by atoms with Gasteiger partial charge in [-0.05, 0) is 30.7 Å². The molecule has 2 aliphatic rings. The maximum absolute atomic E-state index is 10.9. The van der Waals surface area contributed by atoms with Crippen molar-refractivity contribution in [1.82, 2.24) is 4.90 Å². The second-order valence-corrected chi connectivity index (χ2v) is 6.11. The maximum Gasteiger partial charge on any atom is 0.270 e. The first kappa shape index (κ1) is 14.3. The number of rotatable bonds is 4. The summed E-state index contributed by atoms with van der Waals surface area (Å²) in [6.07, 6.45) is 2.33. The number of ether oxygens (including phenoxy) is 1. The topological polar surface area (TPSA) is 81.6 Å². The second-order valence-electron chi connectivity index (χ2n) is 6.11. The SMILES string of the molecule is COc1ccc([N+](=O)[O-])cc1CN1CC2CCC(N)C2C1. The molecule has 1 heterocycles. The number of likely N-dealkylation sites (tertiary alicyclic amines) is 1. The van der Waals surface area contributed by atoms with Crippen molar-refractivity contribution >= 4 is 5.69 Å². The Hall–Kier alpha value is -1.66. The van der Waals surface area contributed by atoms with E-state index >= 15 is 0 Å². The van der Waals surface area contributed by atoms with E-state index < -0.39 is 0 Å². The molecule has 114 valence electrons. The molecule has 1 saturated carbocycles. The molecule has 6 nitrogen and oxygen atoms in total. The molecule has 21 heavy (non-hydrogen) atoms. The summed E-state index contributed by atoms with van der Waals surface area (Å²) in [4.78, 5) is 12.9. The van der Waals surface area contributed by atoms with Gasteiger partial charge in [0.15, 0.2) is 0 Å². The molecule has 0 radical (unpaired) electrons. The van der Waals surface area contributed by atoms with Gasteiger partial charge in [-0.15, -0.1) is 0 Å². The normalized spacial score (nSPS) is 28.6. The summed E-state index contributed by atoms with van der Waals surface area (Å²) in [5.74, 6) is 1.97. The number of hydrogen-bond donors (Lipinski definition) is 1. The van der Waals surface area contributed by atoms with Crippen LogP contribution in [0.1, 0.15) is 18.4 Å². The molecule has 0 spiro atoms. The van der Waals surface area contributed by atoms with Crippen molar-refractivity contribution in [3.63, 3.8) is 0 Å². The monoisotopic (exact) mass is 291 g/mol. The number of nitrogens with zero attached hydrogens (tertiary/aromatic N) is 2. The standard InChI is InChI=1S/C15H21N3O3/c1-21-15-5-3-12(18(19)20)6-11(15)8-17-7-10-2-4-14(16)13(10)9-17/h3,5-6,10,13-14H,2,4,7-9,16H2,1H3. The van der Waals surface area contributed by atoms with Crippen LogP contribution < -0.4 is 10.5 Å². The quantitative estimate of drug-likeness (QED) is 0.675. The van der Waals surface area contributed by atoms with Crippen LogP contribution in [0.3, 0.4) is 0 Å². The average molecular weight is 291 g/mol. The second kappa shape index (κ2) is 5.61. The van der Waals surface area contributed by atoms with Crippen LogP contribution in [0, 0.1) is 22.0 Å². The molecule has 3 unspecified atom stereocenters. The number of fused-ring (bicyclic) bond motifs is 1. The van der Waals surface area contributed by atoms with Gasteiger partial charge in [-0.1, -0.05) is 0 Å². The van der Waals surface area contributed by atoms with E-state index in [1.165, 1.54) is 12.5 Å². The van der Waals surface area contributed by atoms with Crippen molar-refractivity contribution in [2.75, 3.05) is 20.2 Å². The van der Waals surface area contributed by atoms with Crippen molar-refractivity contribution in [1.29, 1.82) is 0 Å². The van der Waals surface area contributed by atoms with Crippen LogP contribution in [0.4, 0.5) is 5.69 Å². The molecular weight excluding hydrogens is 270 g/mol. The first-order valence-electron chi connectivity index (χ1n) is 7.37. The molecule has 1 aliphatic carbocycles. The lowest BCUT2D eigenvalue weighted by Gasteiger charge is -2.19. The summed E-state index contributed by atoms with van der Waals surface area (Å²) in [7, 11) is 1.60. The Morgan fingerprint density at radius 3 is 2.90 bits per heavy atom. The smallest absolute Gasteiger partial charge is 0.270 e. The van der Waals surface area contributed by atoms with E-state index in [0.717, 1.165) is 25.1 Å². The van der Waals surface area contributed by atoms with Gasteiger partial charge in [0.25, 0.3) is 5.69 Å². The third-order valence-electron chi connectivity index (χ3n) is 4.86. The third kappa shape index (κ3) is 2.73. The van der Waals surface area contributed by atoms with Crippen molar-refractivity contribution in [2.45, 2.75) is 25.4 Å². The fourth-order valence-corrected chi connectivity index (χ4v) is 3.77. The number of hydrogen-bond acceptors (Lipinski definition) is 5. The van der Waals surface area contributed by atoms with E-state index in [1.54, 1.807) is 19.2 Å². The van der Waals surface area contributed by atoms with Gasteiger partial charge in [0.2, 0.25) is 0 Å². The highest BCUT2D eigenvalue weighted by Crippen LogP contribution is 2.38. The zero-order valence-electron chi connectivity index (χ0n) is 12.2. The number of nitrogens with two attached hydrogens (primary N) is 1. The highest BCUT2D eigenvalue weighted by molar-refractivity contribution is 5.43. The molecule has 0 amide bonds. The molecule has 3 rings (SSSR count). The van der Waals surface area contributed by atoms with Gasteiger partial charge in [-0.3, -0.25) is 15.0 Å². The molecule has 1 aliphatic heterocycles. The molecule has 2 N–H and O–H groups in total. The first-order chi connectivity index (χ1) is 10.1. The maximum atomic E-state index is 10.9. The number of methoxy groups -OCH3 is 1. The molecule has 0 aromatic heterocycles. The summed E-state index contributed by atoms with van der Waals surface area (Å²) < 4.78 is 5.33. The van der Waals surface area contributed by atoms with Crippen LogP contribution in [0.25, 0.3) is 0 Å². The minimum Gasteiger partial charge on any atom is -0.496 e. The number of nitro groups is 1. The van der Waals surface area contributed by atoms with Crippen LogP contribution in [0.15, 0.2) is 18.2 Å². The number of non-ortho nitro benzene ring substituents is 1. The largest absolute Gasteiger partial charge is 0.496 e. The predicted molar refractivity (Wildman–Crippen MR) is 79.1 cm³/mol. The molecule has 1 aromatic rings. The van der Waals surface area contributed by atoms with Crippen LogP contribution in [0.5, 0.6) is 5.75 Å². The van der Waals surface area contributed by atoms with Crippen LogP contribution >= 0.6 is 0 Å². The van der Waals surface area contributed by atoms with Gasteiger partial charge in [-0.2, -0.15) is 0 Å². The Balaban J connectivity index is 1.75. The van der Waals surface area contributed by atoms with E-state index in [-0.39, 0.29) is 10.6 Å². The number of benzene rings is 1. The van der Waals surface area contributed by atoms with Gasteiger partial charge in [0, 0.05) is 43.4 Å². The van der Waals surface area contributed by atoms with Crippen LogP contribution in [-0.2, 0) is 6.54 Å². The molecule has 6 heteroatoms.